The van der Waals surface area contributed by atoms with E-state index in [9.17, 15) is 5.11 Å². The van der Waals surface area contributed by atoms with Crippen LogP contribution in [0, 0.1) is 5.41 Å². The van der Waals surface area contributed by atoms with Crippen molar-refractivity contribution in [2.24, 2.45) is 22.6 Å². The zero-order valence-corrected chi connectivity index (χ0v) is 24.7. The molecule has 0 amide bonds. The van der Waals surface area contributed by atoms with E-state index in [-0.39, 0.29) is 53.6 Å². The molecule has 0 atom stereocenters. The number of rotatable bonds is 22. The molecule has 0 unspecified atom stereocenters. The van der Waals surface area contributed by atoms with E-state index < -0.39 is 0 Å². The summed E-state index contributed by atoms with van der Waals surface area (Å²) in [6.45, 7) is 18.0. The van der Waals surface area contributed by atoms with E-state index in [0.717, 1.165) is 26.1 Å². The molecule has 0 aromatic carbocycles. The van der Waals surface area contributed by atoms with Gasteiger partial charge < -0.3 is 63.1 Å². The summed E-state index contributed by atoms with van der Waals surface area (Å²) in [6, 6.07) is 0. The molecule has 0 bridgehead atoms. The minimum atomic E-state index is -0.300. The van der Waals surface area contributed by atoms with Crippen LogP contribution in [-0.4, -0.2) is 132 Å². The van der Waals surface area contributed by atoms with Gasteiger partial charge in [-0.3, -0.25) is 0 Å². The summed E-state index contributed by atoms with van der Waals surface area (Å²) >= 11 is 0. The maximum absolute atomic E-state index is 9.36. The first-order chi connectivity index (χ1) is 17.5. The minimum absolute atomic E-state index is 0. The molecule has 0 saturated carbocycles. The zero-order chi connectivity index (χ0) is 28.2. The summed E-state index contributed by atoms with van der Waals surface area (Å²) in [5, 5.41) is 42.7. The number of aliphatic hydroxyl groups is 4. The Hall–Kier alpha value is -0.286. The molecule has 0 saturated heterocycles. The zero-order valence-electron chi connectivity index (χ0n) is 23.1. The van der Waals surface area contributed by atoms with Crippen molar-refractivity contribution in [3.63, 3.8) is 0 Å². The third-order valence-corrected chi connectivity index (χ3v) is 4.20. The van der Waals surface area contributed by atoms with Crippen LogP contribution in [0.1, 0.15) is 13.3 Å². The van der Waals surface area contributed by atoms with Gasteiger partial charge in [0, 0.05) is 86.0 Å². The Morgan fingerprint density at radius 2 is 1.00 bits per heavy atom. The van der Waals surface area contributed by atoms with Crippen LogP contribution in [-0.2, 0) is 31.2 Å². The molecular weight excluding hydrogens is 516 g/mol. The van der Waals surface area contributed by atoms with E-state index in [1.165, 1.54) is 0 Å². The summed E-state index contributed by atoms with van der Waals surface area (Å²) in [5.74, 6) is 0. The third kappa shape index (κ3) is 46.0. The van der Waals surface area contributed by atoms with Gasteiger partial charge in [-0.1, -0.05) is 19.1 Å². The maximum Gasteiger partial charge on any atom is 0.0645 e. The van der Waals surface area contributed by atoms with Crippen molar-refractivity contribution in [3.05, 3.63) is 25.3 Å². The Kier molecular flexibility index (Phi) is 57.4. The summed E-state index contributed by atoms with van der Waals surface area (Å²) in [5.41, 5.74) is 15.1. The Bertz CT molecular complexity index is 349. The van der Waals surface area contributed by atoms with Crippen LogP contribution in [0.4, 0.5) is 0 Å². The Labute approximate surface area is 240 Å². The monoisotopic (exact) mass is 574 g/mol. The average molecular weight is 575 g/mol. The van der Waals surface area contributed by atoms with Gasteiger partial charge in [0.2, 0.25) is 0 Å². The van der Waals surface area contributed by atoms with Gasteiger partial charge in [0.1, 0.15) is 0 Å². The number of nitrogens with one attached hydrogen (secondary N) is 3. The van der Waals surface area contributed by atoms with Crippen LogP contribution < -0.4 is 33.2 Å². The Morgan fingerprint density at radius 1 is 0.676 bits per heavy atom. The van der Waals surface area contributed by atoms with Gasteiger partial charge in [-0.2, -0.15) is 0 Å². The van der Waals surface area contributed by atoms with Crippen molar-refractivity contribution >= 4 is 0 Å². The Morgan fingerprint density at radius 3 is 1.19 bits per heavy atom. The average Bonchev–Trinajstić information content (AvgIpc) is 2.90. The van der Waals surface area contributed by atoms with E-state index in [2.05, 4.69) is 29.1 Å². The van der Waals surface area contributed by atoms with E-state index in [4.69, 9.17) is 42.0 Å². The fraction of sp³-hybridized carbons (Fsp3) is 0.833. The fourth-order valence-corrected chi connectivity index (χ4v) is 2.08. The number of nitrogens with two attached hydrogens (primary N) is 3. The second-order valence-electron chi connectivity index (χ2n) is 7.41. The molecule has 0 rings (SSSR count). The number of hydrogen-bond donors (Lipinski definition) is 10. The van der Waals surface area contributed by atoms with E-state index in [1.807, 2.05) is 6.92 Å². The molecule has 13 N–H and O–H groups in total. The fourth-order valence-electron chi connectivity index (χ4n) is 2.08. The largest absolute Gasteiger partial charge is 0.396 e. The van der Waals surface area contributed by atoms with Crippen LogP contribution in [0.3, 0.4) is 0 Å². The van der Waals surface area contributed by atoms with E-state index in [1.54, 1.807) is 12.2 Å². The SMILES string of the molecule is C=CCOCC(CC)(CO)COCC=C.NCCNCCO.NCCNCCO.NCCNCCO.[Ti]. The smallest absolute Gasteiger partial charge is 0.0645 e. The van der Waals surface area contributed by atoms with E-state index >= 15 is 0 Å². The van der Waals surface area contributed by atoms with Gasteiger partial charge in [-0.25, -0.2) is 0 Å². The minimum Gasteiger partial charge on any atom is -0.396 e. The molecule has 0 aliphatic carbocycles. The molecule has 13 heteroatoms. The van der Waals surface area contributed by atoms with Gasteiger partial charge in [0.05, 0.1) is 52.9 Å². The first-order valence-corrected chi connectivity index (χ1v) is 12.5. The first kappa shape index (κ1) is 46.6. The quantitative estimate of drug-likeness (QED) is 0.0365. The number of aliphatic hydroxyl groups excluding tert-OH is 4. The molecule has 0 aromatic rings. The summed E-state index contributed by atoms with van der Waals surface area (Å²) in [7, 11) is 0. The second kappa shape index (κ2) is 45.6. The van der Waals surface area contributed by atoms with Crippen molar-refractivity contribution in [2.75, 3.05) is 112 Å². The van der Waals surface area contributed by atoms with Gasteiger partial charge in [-0.05, 0) is 6.42 Å². The normalized spacial score (nSPS) is 9.95. The van der Waals surface area contributed by atoms with Crippen LogP contribution >= 0.6 is 0 Å². The molecule has 37 heavy (non-hydrogen) atoms. The Balaban J connectivity index is -0.000000132. The standard InChI is InChI=1S/C12H22O3.3C4H12N2O.Ti/c1-4-7-14-10-12(6-3,9-13)11-15-8-5-2;3*5-1-2-6-3-4-7;/h4-5,13H,1-2,6-11H2,3H3;3*6-7H,1-5H2;. The van der Waals surface area contributed by atoms with Gasteiger partial charge in [-0.15, -0.1) is 13.2 Å². The molecule has 0 fully saturated rings. The maximum atomic E-state index is 9.36. The van der Waals surface area contributed by atoms with Crippen LogP contribution in [0.15, 0.2) is 25.3 Å². The second-order valence-corrected chi connectivity index (χ2v) is 7.41. The molecule has 0 radical (unpaired) electrons. The number of ether oxygens (including phenoxy) is 2. The van der Waals surface area contributed by atoms with Crippen molar-refractivity contribution in [1.29, 1.82) is 0 Å². The van der Waals surface area contributed by atoms with Gasteiger partial charge >= 0.3 is 0 Å². The molecule has 0 aliphatic rings. The van der Waals surface area contributed by atoms with Gasteiger partial charge in [0.15, 0.2) is 0 Å². The van der Waals surface area contributed by atoms with E-state index in [0.29, 0.717) is 65.7 Å². The molecule has 0 heterocycles. The molecule has 0 aliphatic heterocycles. The molecule has 12 nitrogen and oxygen atoms in total. The topological polar surface area (TPSA) is 214 Å². The summed E-state index contributed by atoms with van der Waals surface area (Å²) in [4.78, 5) is 0. The van der Waals surface area contributed by atoms with Crippen LogP contribution in [0.2, 0.25) is 0 Å². The summed E-state index contributed by atoms with van der Waals surface area (Å²) in [6.07, 6.45) is 4.21. The van der Waals surface area contributed by atoms with Crippen molar-refractivity contribution in [3.8, 4) is 0 Å². The van der Waals surface area contributed by atoms with Crippen LogP contribution in [0.5, 0.6) is 0 Å². The third-order valence-electron chi connectivity index (χ3n) is 4.20. The molecule has 0 spiro atoms. The molecule has 224 valence electrons. The predicted octanol–water partition coefficient (Wildman–Crippen LogP) is -2.64. The van der Waals surface area contributed by atoms with Crippen molar-refractivity contribution in [2.45, 2.75) is 13.3 Å². The first-order valence-electron chi connectivity index (χ1n) is 12.5. The molecular formula is C24H58N6O6Ti. The van der Waals surface area contributed by atoms with Crippen molar-refractivity contribution < 1.29 is 51.6 Å². The van der Waals surface area contributed by atoms with Crippen molar-refractivity contribution in [1.82, 2.24) is 16.0 Å². The predicted molar refractivity (Wildman–Crippen MR) is 149 cm³/mol. The van der Waals surface area contributed by atoms with Gasteiger partial charge in [0.25, 0.3) is 0 Å². The molecule has 0 aromatic heterocycles. The number of hydrogen-bond acceptors (Lipinski definition) is 12. The summed E-state index contributed by atoms with van der Waals surface area (Å²) < 4.78 is 10.8. The van der Waals surface area contributed by atoms with Crippen LogP contribution in [0.25, 0.3) is 0 Å².